The number of carbonyl (C=O) groups excluding carboxylic acids is 2. The summed E-state index contributed by atoms with van der Waals surface area (Å²) in [6.07, 6.45) is 0.00678. The maximum absolute atomic E-state index is 12.6. The number of ether oxygens (including phenoxy) is 2. The summed E-state index contributed by atoms with van der Waals surface area (Å²) >= 11 is 0. The van der Waals surface area contributed by atoms with Crippen LogP contribution >= 0.6 is 0 Å². The number of nitrogens with one attached hydrogen (secondary N) is 1. The largest absolute Gasteiger partial charge is 0.493 e. The molecule has 24 heavy (non-hydrogen) atoms. The third kappa shape index (κ3) is 5.76. The van der Waals surface area contributed by atoms with Gasteiger partial charge in [-0.3, -0.25) is 9.59 Å². The summed E-state index contributed by atoms with van der Waals surface area (Å²) < 4.78 is 11.0. The van der Waals surface area contributed by atoms with E-state index in [0.29, 0.717) is 23.6 Å². The number of rotatable bonds is 8. The second-order valence-electron chi connectivity index (χ2n) is 6.07. The Morgan fingerprint density at radius 3 is 2.33 bits per heavy atom. The fraction of sp³-hybridized carbons (Fsp3) is 0.556. The van der Waals surface area contributed by atoms with E-state index < -0.39 is 0 Å². The maximum atomic E-state index is 12.6. The number of benzene rings is 1. The second kappa shape index (κ2) is 9.15. The highest BCUT2D eigenvalue weighted by Crippen LogP contribution is 2.29. The van der Waals surface area contributed by atoms with Gasteiger partial charge in [-0.05, 0) is 52.8 Å². The first-order valence-corrected chi connectivity index (χ1v) is 8.21. The lowest BCUT2D eigenvalue weighted by molar-refractivity contribution is -0.122. The lowest BCUT2D eigenvalue weighted by Gasteiger charge is -2.22. The number of hydrogen-bond acceptors (Lipinski definition) is 4. The summed E-state index contributed by atoms with van der Waals surface area (Å²) in [5.41, 5.74) is 0.460. The van der Waals surface area contributed by atoms with Crippen molar-refractivity contribution >= 4 is 11.8 Å². The Morgan fingerprint density at radius 2 is 1.83 bits per heavy atom. The quantitative estimate of drug-likeness (QED) is 0.792. The van der Waals surface area contributed by atoms with Crippen molar-refractivity contribution in [2.45, 2.75) is 46.8 Å². The van der Waals surface area contributed by atoms with Crippen molar-refractivity contribution in [3.05, 3.63) is 23.8 Å². The van der Waals surface area contributed by atoms with Gasteiger partial charge in [-0.15, -0.1) is 0 Å². The van der Waals surface area contributed by atoms with Crippen molar-refractivity contribution < 1.29 is 19.1 Å². The highest BCUT2D eigenvalue weighted by molar-refractivity contribution is 5.97. The van der Waals surface area contributed by atoms with E-state index in [1.807, 2.05) is 34.6 Å². The molecule has 0 spiro atoms. The molecule has 0 atom stereocenters. The standard InChI is InChI=1S/C18H28N2O4/c1-7-20(11-17(21)19-12(2)3)18(22)14-8-9-15(24-13(4)5)16(10-14)23-6/h8-10,12-13H,7,11H2,1-6H3,(H,19,21). The lowest BCUT2D eigenvalue weighted by Crippen LogP contribution is -2.42. The van der Waals surface area contributed by atoms with Crippen LogP contribution in [-0.4, -0.2) is 49.1 Å². The Labute approximate surface area is 144 Å². The highest BCUT2D eigenvalue weighted by Gasteiger charge is 2.19. The summed E-state index contributed by atoms with van der Waals surface area (Å²) in [5, 5.41) is 2.79. The minimum atomic E-state index is -0.217. The van der Waals surface area contributed by atoms with Crippen LogP contribution < -0.4 is 14.8 Å². The summed E-state index contributed by atoms with van der Waals surface area (Å²) in [7, 11) is 1.53. The zero-order chi connectivity index (χ0) is 18.3. The van der Waals surface area contributed by atoms with Crippen LogP contribution in [0.5, 0.6) is 11.5 Å². The number of methoxy groups -OCH3 is 1. The zero-order valence-electron chi connectivity index (χ0n) is 15.4. The Morgan fingerprint density at radius 1 is 1.17 bits per heavy atom. The molecule has 134 valence electrons. The molecule has 1 aromatic rings. The number of nitrogens with zero attached hydrogens (tertiary/aromatic N) is 1. The molecule has 0 radical (unpaired) electrons. The second-order valence-corrected chi connectivity index (χ2v) is 6.07. The minimum absolute atomic E-state index is 0.00678. The minimum Gasteiger partial charge on any atom is -0.493 e. The Kier molecular flexibility index (Phi) is 7.55. The van der Waals surface area contributed by atoms with Gasteiger partial charge in [0.15, 0.2) is 11.5 Å². The summed E-state index contributed by atoms with van der Waals surface area (Å²) in [6.45, 7) is 9.92. The predicted molar refractivity (Wildman–Crippen MR) is 93.6 cm³/mol. The molecule has 2 amide bonds. The molecule has 6 nitrogen and oxygen atoms in total. The first-order chi connectivity index (χ1) is 11.3. The van der Waals surface area contributed by atoms with Crippen LogP contribution in [0.2, 0.25) is 0 Å². The van der Waals surface area contributed by atoms with E-state index in [0.717, 1.165) is 0 Å². The maximum Gasteiger partial charge on any atom is 0.254 e. The first kappa shape index (κ1) is 19.8. The molecule has 0 bridgehead atoms. The molecular weight excluding hydrogens is 308 g/mol. The van der Waals surface area contributed by atoms with Gasteiger partial charge in [-0.2, -0.15) is 0 Å². The van der Waals surface area contributed by atoms with E-state index >= 15 is 0 Å². The third-order valence-electron chi connectivity index (χ3n) is 3.23. The molecule has 0 aliphatic rings. The van der Waals surface area contributed by atoms with E-state index in [1.165, 1.54) is 12.0 Å². The molecule has 0 aromatic heterocycles. The van der Waals surface area contributed by atoms with Crippen LogP contribution in [0.4, 0.5) is 0 Å². The van der Waals surface area contributed by atoms with E-state index in [1.54, 1.807) is 18.2 Å². The SMILES string of the molecule is CCN(CC(=O)NC(C)C)C(=O)c1ccc(OC(C)C)c(OC)c1. The van der Waals surface area contributed by atoms with Gasteiger partial charge < -0.3 is 19.7 Å². The van der Waals surface area contributed by atoms with Gasteiger partial charge in [0.2, 0.25) is 5.91 Å². The van der Waals surface area contributed by atoms with Crippen molar-refractivity contribution in [2.24, 2.45) is 0 Å². The van der Waals surface area contributed by atoms with Crippen molar-refractivity contribution in [1.82, 2.24) is 10.2 Å². The van der Waals surface area contributed by atoms with Gasteiger partial charge in [0, 0.05) is 18.2 Å². The summed E-state index contributed by atoms with van der Waals surface area (Å²) in [6, 6.07) is 5.08. The van der Waals surface area contributed by atoms with Crippen LogP contribution in [0.3, 0.4) is 0 Å². The molecule has 0 unspecified atom stereocenters. The first-order valence-electron chi connectivity index (χ1n) is 8.21. The van der Waals surface area contributed by atoms with Crippen LogP contribution in [0.1, 0.15) is 45.0 Å². The third-order valence-corrected chi connectivity index (χ3v) is 3.23. The number of hydrogen-bond donors (Lipinski definition) is 1. The molecule has 0 heterocycles. The van der Waals surface area contributed by atoms with Gasteiger partial charge >= 0.3 is 0 Å². The molecule has 1 rings (SSSR count). The topological polar surface area (TPSA) is 67.9 Å². The van der Waals surface area contributed by atoms with Gasteiger partial charge in [0.05, 0.1) is 19.8 Å². The monoisotopic (exact) mass is 336 g/mol. The van der Waals surface area contributed by atoms with Crippen LogP contribution in [0.15, 0.2) is 18.2 Å². The van der Waals surface area contributed by atoms with E-state index in [4.69, 9.17) is 9.47 Å². The van der Waals surface area contributed by atoms with Gasteiger partial charge in [0.25, 0.3) is 5.91 Å². The molecule has 0 saturated carbocycles. The van der Waals surface area contributed by atoms with E-state index in [9.17, 15) is 9.59 Å². The summed E-state index contributed by atoms with van der Waals surface area (Å²) in [5.74, 6) is 0.694. The highest BCUT2D eigenvalue weighted by atomic mass is 16.5. The zero-order valence-corrected chi connectivity index (χ0v) is 15.4. The van der Waals surface area contributed by atoms with Crippen LogP contribution in [-0.2, 0) is 4.79 Å². The van der Waals surface area contributed by atoms with Gasteiger partial charge in [-0.25, -0.2) is 0 Å². The number of carbonyl (C=O) groups is 2. The van der Waals surface area contributed by atoms with Crippen LogP contribution in [0, 0.1) is 0 Å². The normalized spacial score (nSPS) is 10.7. The van der Waals surface area contributed by atoms with Crippen LogP contribution in [0.25, 0.3) is 0 Å². The van der Waals surface area contributed by atoms with Gasteiger partial charge in [0.1, 0.15) is 0 Å². The lowest BCUT2D eigenvalue weighted by atomic mass is 10.1. The molecule has 0 aliphatic heterocycles. The average Bonchev–Trinajstić information content (AvgIpc) is 2.51. The average molecular weight is 336 g/mol. The Balaban J connectivity index is 2.93. The fourth-order valence-corrected chi connectivity index (χ4v) is 2.20. The molecule has 0 fully saturated rings. The van der Waals surface area contributed by atoms with Crippen molar-refractivity contribution in [3.8, 4) is 11.5 Å². The van der Waals surface area contributed by atoms with E-state index in [2.05, 4.69) is 5.32 Å². The fourth-order valence-electron chi connectivity index (χ4n) is 2.20. The number of amides is 2. The Bertz CT molecular complexity index is 570. The molecule has 0 saturated heterocycles. The molecule has 6 heteroatoms. The van der Waals surface area contributed by atoms with Crippen molar-refractivity contribution in [2.75, 3.05) is 20.2 Å². The molecule has 1 aromatic carbocycles. The Hall–Kier alpha value is -2.24. The molecule has 1 N–H and O–H groups in total. The molecule has 0 aliphatic carbocycles. The molecular formula is C18H28N2O4. The number of likely N-dealkylation sites (N-methyl/N-ethyl adjacent to an activating group) is 1. The van der Waals surface area contributed by atoms with Gasteiger partial charge in [-0.1, -0.05) is 0 Å². The smallest absolute Gasteiger partial charge is 0.254 e. The predicted octanol–water partition coefficient (Wildman–Crippen LogP) is 2.47. The van der Waals surface area contributed by atoms with Crippen molar-refractivity contribution in [3.63, 3.8) is 0 Å². The van der Waals surface area contributed by atoms with Crippen molar-refractivity contribution in [1.29, 1.82) is 0 Å². The van der Waals surface area contributed by atoms with E-state index in [-0.39, 0.29) is 30.5 Å². The summed E-state index contributed by atoms with van der Waals surface area (Å²) in [4.78, 5) is 26.1.